The summed E-state index contributed by atoms with van der Waals surface area (Å²) in [4.78, 5) is 23.7. The molecule has 0 bridgehead atoms. The predicted octanol–water partition coefficient (Wildman–Crippen LogP) is 6.81. The van der Waals surface area contributed by atoms with Gasteiger partial charge in [0.15, 0.2) is 11.9 Å². The van der Waals surface area contributed by atoms with Crippen LogP contribution in [0.1, 0.15) is 108 Å². The van der Waals surface area contributed by atoms with Gasteiger partial charge in [0.2, 0.25) is 0 Å². The minimum absolute atomic E-state index is 0.143. The molecule has 1 unspecified atom stereocenters. The second-order valence-electron chi connectivity index (χ2n) is 7.61. The molecule has 0 spiro atoms. The fraction of sp³-hybridized carbons (Fsp3) is 0.667. The van der Waals surface area contributed by atoms with Gasteiger partial charge in [-0.05, 0) is 43.5 Å². The van der Waals surface area contributed by atoms with Gasteiger partial charge in [0.05, 0.1) is 0 Å². The zero-order chi connectivity index (χ0) is 20.6. The van der Waals surface area contributed by atoms with Crippen molar-refractivity contribution in [2.24, 2.45) is 0 Å². The number of aliphatic carboxylic acids is 1. The molecule has 0 fully saturated rings. The maximum absolute atomic E-state index is 12.2. The Labute approximate surface area is 170 Å². The number of ketones is 1. The Morgan fingerprint density at radius 1 is 0.821 bits per heavy atom. The maximum atomic E-state index is 12.2. The number of ether oxygens (including phenoxy) is 1. The summed E-state index contributed by atoms with van der Waals surface area (Å²) >= 11 is 0. The molecule has 0 aromatic heterocycles. The molecule has 0 amide bonds. The minimum atomic E-state index is -0.930. The summed E-state index contributed by atoms with van der Waals surface area (Å²) < 4.78 is 5.65. The van der Waals surface area contributed by atoms with E-state index in [1.165, 1.54) is 38.5 Å². The smallest absolute Gasteiger partial charge is 0.344 e. The highest BCUT2D eigenvalue weighted by Crippen LogP contribution is 2.19. The van der Waals surface area contributed by atoms with E-state index in [9.17, 15) is 14.7 Å². The van der Waals surface area contributed by atoms with Gasteiger partial charge in [-0.25, -0.2) is 4.79 Å². The number of carbonyl (C=O) groups excluding carboxylic acids is 1. The van der Waals surface area contributed by atoms with E-state index >= 15 is 0 Å². The highest BCUT2D eigenvalue weighted by Gasteiger charge is 2.19. The van der Waals surface area contributed by atoms with Crippen LogP contribution in [-0.4, -0.2) is 23.0 Å². The van der Waals surface area contributed by atoms with E-state index in [4.69, 9.17) is 4.74 Å². The number of carboxylic acid groups (broad SMARTS) is 1. The lowest BCUT2D eigenvalue weighted by Gasteiger charge is -2.15. The van der Waals surface area contributed by atoms with E-state index in [0.717, 1.165) is 32.1 Å². The van der Waals surface area contributed by atoms with E-state index in [1.54, 1.807) is 24.3 Å². The largest absolute Gasteiger partial charge is 0.479 e. The van der Waals surface area contributed by atoms with Crippen LogP contribution in [0.25, 0.3) is 0 Å². The van der Waals surface area contributed by atoms with Gasteiger partial charge in [-0.15, -0.1) is 0 Å². The third-order valence-corrected chi connectivity index (χ3v) is 5.06. The number of hydrogen-bond donors (Lipinski definition) is 1. The molecule has 1 N–H and O–H groups in total. The Hall–Kier alpha value is -1.84. The molecule has 0 radical (unpaired) electrons. The third-order valence-electron chi connectivity index (χ3n) is 5.06. The van der Waals surface area contributed by atoms with Crippen LogP contribution in [0, 0.1) is 0 Å². The quantitative estimate of drug-likeness (QED) is 0.234. The molecule has 4 nitrogen and oxygen atoms in total. The second kappa shape index (κ2) is 15.1. The summed E-state index contributed by atoms with van der Waals surface area (Å²) in [6, 6.07) is 6.91. The monoisotopic (exact) mass is 390 g/mol. The first kappa shape index (κ1) is 24.2. The van der Waals surface area contributed by atoms with Gasteiger partial charge >= 0.3 is 5.97 Å². The average Bonchev–Trinajstić information content (AvgIpc) is 2.69. The summed E-state index contributed by atoms with van der Waals surface area (Å²) in [5.74, 6) is -0.274. The molecule has 0 aliphatic heterocycles. The van der Waals surface area contributed by atoms with Crippen molar-refractivity contribution in [3.8, 4) is 5.75 Å². The third kappa shape index (κ3) is 10.5. The molecular weight excluding hydrogens is 352 g/mol. The van der Waals surface area contributed by atoms with E-state index in [1.807, 2.05) is 0 Å². The zero-order valence-corrected chi connectivity index (χ0v) is 17.8. The maximum Gasteiger partial charge on any atom is 0.344 e. The second-order valence-corrected chi connectivity index (χ2v) is 7.61. The number of Topliss-reactive ketones (excluding diaryl/α,β-unsaturated/α-hetero) is 1. The topological polar surface area (TPSA) is 63.6 Å². The predicted molar refractivity (Wildman–Crippen MR) is 114 cm³/mol. The number of carboxylic acids is 1. The summed E-state index contributed by atoms with van der Waals surface area (Å²) in [5, 5.41) is 9.40. The van der Waals surface area contributed by atoms with Crippen LogP contribution >= 0.6 is 0 Å². The average molecular weight is 391 g/mol. The van der Waals surface area contributed by atoms with Crippen LogP contribution in [0.2, 0.25) is 0 Å². The van der Waals surface area contributed by atoms with Crippen LogP contribution in [0.3, 0.4) is 0 Å². The summed E-state index contributed by atoms with van der Waals surface area (Å²) in [7, 11) is 0. The first-order chi connectivity index (χ1) is 13.6. The molecule has 158 valence electrons. The number of rotatable bonds is 17. The molecule has 1 atom stereocenters. The molecule has 0 heterocycles. The van der Waals surface area contributed by atoms with Crippen molar-refractivity contribution in [2.45, 2.75) is 103 Å². The summed E-state index contributed by atoms with van der Waals surface area (Å²) in [6.07, 6.45) is 12.6. The standard InChI is InChI=1S/C24H38O4/c1-3-5-7-9-11-13-15-23(24(26)27)28-21-18-16-20(17-19-21)22(25)14-12-10-8-6-4-2/h16-19,23H,3-15H2,1-2H3,(H,26,27). The molecule has 1 rings (SSSR count). The zero-order valence-electron chi connectivity index (χ0n) is 17.8. The van der Waals surface area contributed by atoms with E-state index in [-0.39, 0.29) is 5.78 Å². The SMILES string of the molecule is CCCCCCCCC(Oc1ccc(C(=O)CCCCCCC)cc1)C(=O)O. The molecule has 28 heavy (non-hydrogen) atoms. The molecule has 0 saturated heterocycles. The van der Waals surface area contributed by atoms with Crippen molar-refractivity contribution < 1.29 is 19.4 Å². The fourth-order valence-corrected chi connectivity index (χ4v) is 3.26. The number of benzene rings is 1. The van der Waals surface area contributed by atoms with Crippen molar-refractivity contribution in [1.29, 1.82) is 0 Å². The lowest BCUT2D eigenvalue weighted by atomic mass is 10.0. The van der Waals surface area contributed by atoms with Gasteiger partial charge in [0.1, 0.15) is 5.75 Å². The van der Waals surface area contributed by atoms with Gasteiger partial charge in [-0.2, -0.15) is 0 Å². The van der Waals surface area contributed by atoms with Crippen molar-refractivity contribution >= 4 is 11.8 Å². The van der Waals surface area contributed by atoms with Crippen molar-refractivity contribution in [3.63, 3.8) is 0 Å². The van der Waals surface area contributed by atoms with Crippen molar-refractivity contribution in [3.05, 3.63) is 29.8 Å². The lowest BCUT2D eigenvalue weighted by Crippen LogP contribution is -2.26. The van der Waals surface area contributed by atoms with E-state index in [0.29, 0.717) is 24.2 Å². The molecular formula is C24H38O4. The highest BCUT2D eigenvalue weighted by molar-refractivity contribution is 5.96. The van der Waals surface area contributed by atoms with Gasteiger partial charge in [-0.1, -0.05) is 71.6 Å². The fourth-order valence-electron chi connectivity index (χ4n) is 3.26. The van der Waals surface area contributed by atoms with Crippen LogP contribution in [0.4, 0.5) is 0 Å². The number of unbranched alkanes of at least 4 members (excludes halogenated alkanes) is 9. The van der Waals surface area contributed by atoms with E-state index in [2.05, 4.69) is 13.8 Å². The number of carbonyl (C=O) groups is 2. The lowest BCUT2D eigenvalue weighted by molar-refractivity contribution is -0.145. The number of hydrogen-bond acceptors (Lipinski definition) is 3. The summed E-state index contributed by atoms with van der Waals surface area (Å²) in [5.41, 5.74) is 0.672. The molecule has 0 aliphatic rings. The van der Waals surface area contributed by atoms with Gasteiger partial charge in [0, 0.05) is 12.0 Å². The van der Waals surface area contributed by atoms with Crippen LogP contribution in [-0.2, 0) is 4.79 Å². The van der Waals surface area contributed by atoms with Crippen molar-refractivity contribution in [1.82, 2.24) is 0 Å². The van der Waals surface area contributed by atoms with E-state index < -0.39 is 12.1 Å². The van der Waals surface area contributed by atoms with Gasteiger partial charge in [0.25, 0.3) is 0 Å². The van der Waals surface area contributed by atoms with Crippen LogP contribution < -0.4 is 4.74 Å². The van der Waals surface area contributed by atoms with Gasteiger partial charge < -0.3 is 9.84 Å². The first-order valence-electron chi connectivity index (χ1n) is 11.1. The molecule has 1 aromatic carbocycles. The normalized spacial score (nSPS) is 11.9. The molecule has 0 saturated carbocycles. The van der Waals surface area contributed by atoms with Crippen LogP contribution in [0.5, 0.6) is 5.75 Å². The minimum Gasteiger partial charge on any atom is -0.479 e. The molecule has 1 aromatic rings. The Kier molecular flexibility index (Phi) is 13.1. The first-order valence-corrected chi connectivity index (χ1v) is 11.1. The Balaban J connectivity index is 2.40. The Bertz CT molecular complexity index is 550. The summed E-state index contributed by atoms with van der Waals surface area (Å²) in [6.45, 7) is 4.36. The highest BCUT2D eigenvalue weighted by atomic mass is 16.5. The van der Waals surface area contributed by atoms with Crippen molar-refractivity contribution in [2.75, 3.05) is 0 Å². The molecule has 4 heteroatoms. The molecule has 0 aliphatic carbocycles. The van der Waals surface area contributed by atoms with Crippen LogP contribution in [0.15, 0.2) is 24.3 Å². The van der Waals surface area contributed by atoms with Gasteiger partial charge in [-0.3, -0.25) is 4.79 Å². The Morgan fingerprint density at radius 2 is 1.36 bits per heavy atom. The Morgan fingerprint density at radius 3 is 1.93 bits per heavy atom.